The molecule has 0 bridgehead atoms. The first-order chi connectivity index (χ1) is 7.15. The number of aromatic nitrogens is 1. The van der Waals surface area contributed by atoms with Gasteiger partial charge < -0.3 is 15.6 Å². The molecule has 80 valence electrons. The van der Waals surface area contributed by atoms with Crippen LogP contribution in [0.2, 0.25) is 0 Å². The first-order valence-electron chi connectivity index (χ1n) is 4.90. The van der Waals surface area contributed by atoms with Gasteiger partial charge in [-0.2, -0.15) is 0 Å². The van der Waals surface area contributed by atoms with Crippen LogP contribution in [0.3, 0.4) is 0 Å². The van der Waals surface area contributed by atoms with Crippen LogP contribution in [0.5, 0.6) is 0 Å². The summed E-state index contributed by atoms with van der Waals surface area (Å²) in [6.45, 7) is 0.0420. The lowest BCUT2D eigenvalue weighted by Gasteiger charge is -2.06. The largest absolute Gasteiger partial charge is 0.398 e. The Balaban J connectivity index is 2.05. The van der Waals surface area contributed by atoms with Gasteiger partial charge in [-0.25, -0.2) is 0 Å². The Bertz CT molecular complexity index is 435. The summed E-state index contributed by atoms with van der Waals surface area (Å²) in [7, 11) is 0. The van der Waals surface area contributed by atoms with Gasteiger partial charge in [-0.1, -0.05) is 0 Å². The Morgan fingerprint density at radius 3 is 2.93 bits per heavy atom. The number of nitrogens with two attached hydrogens (primary N) is 1. The fraction of sp³-hybridized carbons (Fsp3) is 0.400. The third-order valence-electron chi connectivity index (χ3n) is 2.26. The second-order valence-corrected chi connectivity index (χ2v) is 3.77. The zero-order valence-electron chi connectivity index (χ0n) is 8.27. The van der Waals surface area contributed by atoms with E-state index in [1.807, 2.05) is 0 Å². The van der Waals surface area contributed by atoms with Crippen molar-refractivity contribution in [3.8, 4) is 0 Å². The highest BCUT2D eigenvalue weighted by atomic mass is 16.2. The molecule has 15 heavy (non-hydrogen) atoms. The molecule has 5 nitrogen and oxygen atoms in total. The SMILES string of the molecule is Nc1ccc(=O)n(CC(=O)NC2CC2)c1. The maximum absolute atomic E-state index is 11.4. The van der Waals surface area contributed by atoms with E-state index >= 15 is 0 Å². The van der Waals surface area contributed by atoms with Gasteiger partial charge >= 0.3 is 0 Å². The van der Waals surface area contributed by atoms with Crippen LogP contribution in [0.15, 0.2) is 23.1 Å². The molecular formula is C10H13N3O2. The van der Waals surface area contributed by atoms with Crippen LogP contribution in [-0.4, -0.2) is 16.5 Å². The number of carbonyl (C=O) groups is 1. The number of hydrogen-bond donors (Lipinski definition) is 2. The van der Waals surface area contributed by atoms with Gasteiger partial charge in [-0.15, -0.1) is 0 Å². The highest BCUT2D eigenvalue weighted by Crippen LogP contribution is 2.18. The van der Waals surface area contributed by atoms with Crippen molar-refractivity contribution in [3.63, 3.8) is 0 Å². The minimum Gasteiger partial charge on any atom is -0.398 e. The molecular weight excluding hydrogens is 194 g/mol. The van der Waals surface area contributed by atoms with Crippen LogP contribution < -0.4 is 16.6 Å². The molecule has 0 atom stereocenters. The lowest BCUT2D eigenvalue weighted by atomic mass is 10.4. The summed E-state index contributed by atoms with van der Waals surface area (Å²) in [5, 5.41) is 2.81. The highest BCUT2D eigenvalue weighted by molar-refractivity contribution is 5.76. The summed E-state index contributed by atoms with van der Waals surface area (Å²) in [6.07, 6.45) is 3.56. The fourth-order valence-corrected chi connectivity index (χ4v) is 1.33. The number of amides is 1. The lowest BCUT2D eigenvalue weighted by molar-refractivity contribution is -0.121. The number of nitrogens with one attached hydrogen (secondary N) is 1. The summed E-state index contributed by atoms with van der Waals surface area (Å²) in [6, 6.07) is 3.20. The molecule has 5 heteroatoms. The molecule has 0 spiro atoms. The quantitative estimate of drug-likeness (QED) is 0.715. The van der Waals surface area contributed by atoms with Crippen LogP contribution in [0.25, 0.3) is 0 Å². The molecule has 3 N–H and O–H groups in total. The van der Waals surface area contributed by atoms with E-state index in [0.717, 1.165) is 12.8 Å². The molecule has 1 amide bonds. The molecule has 1 fully saturated rings. The molecule has 1 saturated carbocycles. The number of rotatable bonds is 3. The van der Waals surface area contributed by atoms with Gasteiger partial charge in [0.2, 0.25) is 5.91 Å². The van der Waals surface area contributed by atoms with E-state index in [2.05, 4.69) is 5.32 Å². The summed E-state index contributed by atoms with van der Waals surface area (Å²) in [5.74, 6) is -0.134. The summed E-state index contributed by atoms with van der Waals surface area (Å²) < 4.78 is 1.31. The Hall–Kier alpha value is -1.78. The molecule has 2 rings (SSSR count). The van der Waals surface area contributed by atoms with E-state index in [1.54, 1.807) is 0 Å². The van der Waals surface area contributed by atoms with Crippen LogP contribution >= 0.6 is 0 Å². The van der Waals surface area contributed by atoms with Crippen molar-refractivity contribution >= 4 is 11.6 Å². The van der Waals surface area contributed by atoms with Crippen LogP contribution in [0, 0.1) is 0 Å². The van der Waals surface area contributed by atoms with Crippen molar-refractivity contribution in [1.82, 2.24) is 9.88 Å². The average molecular weight is 207 g/mol. The monoisotopic (exact) mass is 207 g/mol. The van der Waals surface area contributed by atoms with Gasteiger partial charge in [0.1, 0.15) is 6.54 Å². The van der Waals surface area contributed by atoms with E-state index in [9.17, 15) is 9.59 Å². The van der Waals surface area contributed by atoms with E-state index in [-0.39, 0.29) is 18.0 Å². The number of anilines is 1. The molecule has 1 aromatic heterocycles. The molecule has 1 aromatic rings. The summed E-state index contributed by atoms with van der Waals surface area (Å²) in [5.41, 5.74) is 5.79. The Morgan fingerprint density at radius 2 is 2.27 bits per heavy atom. The predicted octanol–water partition coefficient (Wildman–Crippen LogP) is -0.291. The van der Waals surface area contributed by atoms with Crippen molar-refractivity contribution in [3.05, 3.63) is 28.7 Å². The predicted molar refractivity (Wildman–Crippen MR) is 56.3 cm³/mol. The Morgan fingerprint density at radius 1 is 1.53 bits per heavy atom. The topological polar surface area (TPSA) is 77.1 Å². The molecule has 1 aliphatic rings. The van der Waals surface area contributed by atoms with Crippen molar-refractivity contribution in [2.45, 2.75) is 25.4 Å². The smallest absolute Gasteiger partial charge is 0.251 e. The molecule has 0 unspecified atom stereocenters. The number of hydrogen-bond acceptors (Lipinski definition) is 3. The maximum atomic E-state index is 11.4. The van der Waals surface area contributed by atoms with Crippen molar-refractivity contribution < 1.29 is 4.79 Å². The molecule has 1 aliphatic carbocycles. The molecule has 0 saturated heterocycles. The average Bonchev–Trinajstić information content (AvgIpc) is 2.95. The number of pyridine rings is 1. The minimum absolute atomic E-state index is 0.0420. The highest BCUT2D eigenvalue weighted by Gasteiger charge is 2.23. The third-order valence-corrected chi connectivity index (χ3v) is 2.26. The van der Waals surface area contributed by atoms with Crippen LogP contribution in [0.1, 0.15) is 12.8 Å². The third kappa shape index (κ3) is 2.59. The number of nitrogens with zero attached hydrogens (tertiary/aromatic N) is 1. The van der Waals surface area contributed by atoms with Crippen LogP contribution in [-0.2, 0) is 11.3 Å². The summed E-state index contributed by atoms with van der Waals surface area (Å²) >= 11 is 0. The van der Waals surface area contributed by atoms with E-state index in [4.69, 9.17) is 5.73 Å². The van der Waals surface area contributed by atoms with Gasteiger partial charge in [0.05, 0.1) is 0 Å². The normalized spacial score (nSPS) is 14.9. The minimum atomic E-state index is -0.213. The fourth-order valence-electron chi connectivity index (χ4n) is 1.33. The van der Waals surface area contributed by atoms with E-state index in [0.29, 0.717) is 11.7 Å². The van der Waals surface area contributed by atoms with E-state index < -0.39 is 0 Å². The zero-order valence-corrected chi connectivity index (χ0v) is 8.27. The zero-order chi connectivity index (χ0) is 10.8. The maximum Gasteiger partial charge on any atom is 0.251 e. The van der Waals surface area contributed by atoms with Crippen molar-refractivity contribution in [1.29, 1.82) is 0 Å². The van der Waals surface area contributed by atoms with Gasteiger partial charge in [-0.3, -0.25) is 9.59 Å². The molecule has 0 aromatic carbocycles. The van der Waals surface area contributed by atoms with Crippen LogP contribution in [0.4, 0.5) is 5.69 Å². The lowest BCUT2D eigenvalue weighted by Crippen LogP contribution is -2.33. The van der Waals surface area contributed by atoms with Gasteiger partial charge in [0, 0.05) is 24.0 Å². The second-order valence-electron chi connectivity index (χ2n) is 3.77. The van der Waals surface area contributed by atoms with Gasteiger partial charge in [0.15, 0.2) is 0 Å². The Kier molecular flexibility index (Phi) is 2.45. The first kappa shape index (κ1) is 9.76. The number of nitrogen functional groups attached to an aromatic ring is 1. The standard InChI is InChI=1S/C10H13N3O2/c11-7-1-4-10(15)13(5-7)6-9(14)12-8-2-3-8/h1,4-5,8H,2-3,6,11H2,(H,12,14). The van der Waals surface area contributed by atoms with E-state index in [1.165, 1.54) is 22.9 Å². The summed E-state index contributed by atoms with van der Waals surface area (Å²) in [4.78, 5) is 22.8. The number of carbonyl (C=O) groups excluding carboxylic acids is 1. The second kappa shape index (κ2) is 3.76. The molecule has 1 heterocycles. The van der Waals surface area contributed by atoms with Gasteiger partial charge in [0.25, 0.3) is 5.56 Å². The first-order valence-corrected chi connectivity index (χ1v) is 4.90. The van der Waals surface area contributed by atoms with Crippen molar-refractivity contribution in [2.24, 2.45) is 0 Å². The Labute approximate surface area is 86.9 Å². The van der Waals surface area contributed by atoms with Gasteiger partial charge in [-0.05, 0) is 18.9 Å². The molecule has 0 radical (unpaired) electrons. The van der Waals surface area contributed by atoms with Crippen molar-refractivity contribution in [2.75, 3.05) is 5.73 Å². The molecule has 0 aliphatic heterocycles.